The third-order valence-corrected chi connectivity index (χ3v) is 3.47. The van der Waals surface area contributed by atoms with Crippen LogP contribution in [0.25, 0.3) is 0 Å². The third kappa shape index (κ3) is 4.33. The molecule has 0 bridgehead atoms. The van der Waals surface area contributed by atoms with Gasteiger partial charge in [-0.15, -0.1) is 0 Å². The molecule has 0 aliphatic carbocycles. The Morgan fingerprint density at radius 3 is 2.58 bits per heavy atom. The summed E-state index contributed by atoms with van der Waals surface area (Å²) in [5.41, 5.74) is 3.38. The molecule has 0 aliphatic rings. The zero-order chi connectivity index (χ0) is 13.7. The van der Waals surface area contributed by atoms with Crippen molar-refractivity contribution in [3.63, 3.8) is 0 Å². The minimum atomic E-state index is 0.634. The van der Waals surface area contributed by atoms with Gasteiger partial charge in [-0.05, 0) is 48.5 Å². The Balaban J connectivity index is 1.91. The highest BCUT2D eigenvalue weighted by molar-refractivity contribution is 9.10. The van der Waals surface area contributed by atoms with E-state index in [4.69, 9.17) is 12.2 Å². The molecule has 2 aromatic rings. The van der Waals surface area contributed by atoms with Crippen molar-refractivity contribution in [2.45, 2.75) is 13.5 Å². The summed E-state index contributed by atoms with van der Waals surface area (Å²) >= 11 is 8.74. The van der Waals surface area contributed by atoms with Gasteiger partial charge in [-0.25, -0.2) is 0 Å². The fraction of sp³-hybridized carbons (Fsp3) is 0.133. The van der Waals surface area contributed by atoms with Crippen molar-refractivity contribution in [1.29, 1.82) is 0 Å². The predicted octanol–water partition coefficient (Wildman–Crippen LogP) is 4.24. The summed E-state index contributed by atoms with van der Waals surface area (Å²) in [6.45, 7) is 2.77. The van der Waals surface area contributed by atoms with Crippen molar-refractivity contribution in [3.05, 3.63) is 64.1 Å². The number of nitrogens with one attached hydrogen (secondary N) is 2. The van der Waals surface area contributed by atoms with Crippen LogP contribution in [0, 0.1) is 6.92 Å². The molecule has 0 aliphatic heterocycles. The molecule has 2 N–H and O–H groups in total. The van der Waals surface area contributed by atoms with E-state index in [-0.39, 0.29) is 0 Å². The molecular weight excluding hydrogens is 320 g/mol. The van der Waals surface area contributed by atoms with E-state index in [1.54, 1.807) is 0 Å². The van der Waals surface area contributed by atoms with E-state index in [0.717, 1.165) is 22.3 Å². The Morgan fingerprint density at radius 2 is 1.89 bits per heavy atom. The average molecular weight is 335 g/mol. The molecule has 0 saturated heterocycles. The predicted molar refractivity (Wildman–Crippen MR) is 88.4 cm³/mol. The molecule has 0 heterocycles. The Hall–Kier alpha value is -1.39. The molecule has 4 heteroatoms. The summed E-state index contributed by atoms with van der Waals surface area (Å²) in [6.07, 6.45) is 0. The van der Waals surface area contributed by atoms with Gasteiger partial charge in [-0.3, -0.25) is 0 Å². The van der Waals surface area contributed by atoms with Gasteiger partial charge in [0.15, 0.2) is 5.11 Å². The van der Waals surface area contributed by atoms with Crippen LogP contribution in [-0.4, -0.2) is 5.11 Å². The van der Waals surface area contributed by atoms with E-state index >= 15 is 0 Å². The van der Waals surface area contributed by atoms with Gasteiger partial charge in [0.1, 0.15) is 0 Å². The fourth-order valence-electron chi connectivity index (χ4n) is 1.71. The van der Waals surface area contributed by atoms with E-state index in [1.807, 2.05) is 37.3 Å². The highest BCUT2D eigenvalue weighted by Gasteiger charge is 2.01. The summed E-state index contributed by atoms with van der Waals surface area (Å²) in [4.78, 5) is 0. The Labute approximate surface area is 127 Å². The van der Waals surface area contributed by atoms with Gasteiger partial charge in [0.2, 0.25) is 0 Å². The Bertz CT molecular complexity index is 570. The lowest BCUT2D eigenvalue weighted by atomic mass is 10.2. The van der Waals surface area contributed by atoms with Gasteiger partial charge in [0, 0.05) is 16.7 Å². The first-order chi connectivity index (χ1) is 9.15. The molecule has 2 rings (SSSR count). The van der Waals surface area contributed by atoms with E-state index in [0.29, 0.717) is 5.11 Å². The summed E-state index contributed by atoms with van der Waals surface area (Å²) < 4.78 is 1.07. The largest absolute Gasteiger partial charge is 0.358 e. The number of hydrogen-bond donors (Lipinski definition) is 2. The first-order valence-corrected chi connectivity index (χ1v) is 7.20. The van der Waals surface area contributed by atoms with Gasteiger partial charge in [0.25, 0.3) is 0 Å². The Morgan fingerprint density at radius 1 is 1.16 bits per heavy atom. The van der Waals surface area contributed by atoms with Gasteiger partial charge in [-0.2, -0.15) is 0 Å². The number of thiocarbonyl (C=S) groups is 1. The van der Waals surface area contributed by atoms with Crippen LogP contribution >= 0.6 is 28.1 Å². The van der Waals surface area contributed by atoms with Crippen molar-refractivity contribution in [1.82, 2.24) is 5.32 Å². The van der Waals surface area contributed by atoms with E-state index in [2.05, 4.69) is 44.8 Å². The van der Waals surface area contributed by atoms with Crippen molar-refractivity contribution in [2.24, 2.45) is 0 Å². The molecule has 0 unspecified atom stereocenters. The molecule has 0 saturated carbocycles. The lowest BCUT2D eigenvalue weighted by Crippen LogP contribution is -2.28. The molecule has 0 atom stereocenters. The third-order valence-electron chi connectivity index (χ3n) is 2.73. The number of aryl methyl sites for hydroxylation is 1. The smallest absolute Gasteiger partial charge is 0.171 e. The zero-order valence-corrected chi connectivity index (χ0v) is 13.0. The molecule has 2 nitrogen and oxygen atoms in total. The highest BCUT2D eigenvalue weighted by atomic mass is 79.9. The van der Waals surface area contributed by atoms with Crippen LogP contribution in [0.2, 0.25) is 0 Å². The SMILES string of the molecule is Cc1cc(Br)ccc1NC(=S)NCc1ccccc1. The van der Waals surface area contributed by atoms with Gasteiger partial charge in [0.05, 0.1) is 0 Å². The summed E-state index contributed by atoms with van der Waals surface area (Å²) in [5.74, 6) is 0. The lowest BCUT2D eigenvalue weighted by Gasteiger charge is -2.12. The minimum absolute atomic E-state index is 0.634. The number of anilines is 1. The van der Waals surface area contributed by atoms with Crippen LogP contribution in [-0.2, 0) is 6.54 Å². The average Bonchev–Trinajstić information content (AvgIpc) is 2.41. The maximum absolute atomic E-state index is 5.29. The van der Waals surface area contributed by atoms with Crippen molar-refractivity contribution >= 4 is 38.9 Å². The second kappa shape index (κ2) is 6.68. The number of halogens is 1. The van der Waals surface area contributed by atoms with Crippen LogP contribution in [0.5, 0.6) is 0 Å². The van der Waals surface area contributed by atoms with Gasteiger partial charge >= 0.3 is 0 Å². The topological polar surface area (TPSA) is 24.1 Å². The molecule has 0 radical (unpaired) electrons. The monoisotopic (exact) mass is 334 g/mol. The molecule has 2 aromatic carbocycles. The Kier molecular flexibility index (Phi) is 4.93. The van der Waals surface area contributed by atoms with E-state index in [1.165, 1.54) is 5.56 Å². The summed E-state index contributed by atoms with van der Waals surface area (Å²) in [5, 5.41) is 7.04. The van der Waals surface area contributed by atoms with Gasteiger partial charge < -0.3 is 10.6 Å². The van der Waals surface area contributed by atoms with E-state index < -0.39 is 0 Å². The molecule has 19 heavy (non-hydrogen) atoms. The van der Waals surface area contributed by atoms with Crippen LogP contribution in [0.1, 0.15) is 11.1 Å². The standard InChI is InChI=1S/C15H15BrN2S/c1-11-9-13(16)7-8-14(11)18-15(19)17-10-12-5-3-2-4-6-12/h2-9H,10H2,1H3,(H2,17,18,19). The van der Waals surface area contributed by atoms with Crippen LogP contribution < -0.4 is 10.6 Å². The minimum Gasteiger partial charge on any atom is -0.358 e. The number of rotatable bonds is 3. The first-order valence-electron chi connectivity index (χ1n) is 6.00. The van der Waals surface area contributed by atoms with Crippen LogP contribution in [0.3, 0.4) is 0 Å². The summed E-state index contributed by atoms with van der Waals surface area (Å²) in [6, 6.07) is 16.2. The lowest BCUT2D eigenvalue weighted by molar-refractivity contribution is 0.926. The van der Waals surface area contributed by atoms with Crippen molar-refractivity contribution in [2.75, 3.05) is 5.32 Å². The molecule has 98 valence electrons. The van der Waals surface area contributed by atoms with Crippen LogP contribution in [0.15, 0.2) is 53.0 Å². The number of hydrogen-bond acceptors (Lipinski definition) is 1. The van der Waals surface area contributed by atoms with Gasteiger partial charge in [-0.1, -0.05) is 46.3 Å². The molecule has 0 spiro atoms. The highest BCUT2D eigenvalue weighted by Crippen LogP contribution is 2.19. The molecule has 0 aromatic heterocycles. The zero-order valence-electron chi connectivity index (χ0n) is 10.6. The summed E-state index contributed by atoms with van der Waals surface area (Å²) in [7, 11) is 0. The van der Waals surface area contributed by atoms with Crippen molar-refractivity contribution in [3.8, 4) is 0 Å². The first kappa shape index (κ1) is 14.0. The second-order valence-corrected chi connectivity index (χ2v) is 5.58. The fourth-order valence-corrected chi connectivity index (χ4v) is 2.37. The molecule has 0 fully saturated rings. The molecule has 0 amide bonds. The maximum Gasteiger partial charge on any atom is 0.171 e. The maximum atomic E-state index is 5.29. The number of benzene rings is 2. The van der Waals surface area contributed by atoms with E-state index in [9.17, 15) is 0 Å². The van der Waals surface area contributed by atoms with Crippen LogP contribution in [0.4, 0.5) is 5.69 Å². The normalized spacial score (nSPS) is 10.0. The van der Waals surface area contributed by atoms with Crippen molar-refractivity contribution < 1.29 is 0 Å². The second-order valence-electron chi connectivity index (χ2n) is 4.25. The molecular formula is C15H15BrN2S. The quantitative estimate of drug-likeness (QED) is 0.821.